The van der Waals surface area contributed by atoms with Crippen molar-refractivity contribution >= 4 is 5.91 Å². The average Bonchev–Trinajstić information content (AvgIpc) is 2.29. The molecular weight excluding hydrogens is 202 g/mol. The van der Waals surface area contributed by atoms with E-state index in [1.165, 1.54) is 6.42 Å². The molecule has 1 N–H and O–H groups in total. The highest BCUT2D eigenvalue weighted by Gasteiger charge is 2.28. The molecule has 16 heavy (non-hydrogen) atoms. The molecule has 1 fully saturated rings. The van der Waals surface area contributed by atoms with Crippen LogP contribution in [-0.2, 0) is 4.79 Å². The fourth-order valence-electron chi connectivity index (χ4n) is 2.39. The van der Waals surface area contributed by atoms with E-state index in [0.717, 1.165) is 19.3 Å². The van der Waals surface area contributed by atoms with Gasteiger partial charge in [0, 0.05) is 12.6 Å². The number of hydrogen-bond acceptors (Lipinski definition) is 3. The normalized spacial score (nSPS) is 25.1. The average molecular weight is 223 g/mol. The molecule has 0 aromatic heterocycles. The van der Waals surface area contributed by atoms with E-state index < -0.39 is 0 Å². The molecule has 1 aliphatic rings. The minimum atomic E-state index is 0.0484. The van der Waals surface area contributed by atoms with Crippen molar-refractivity contribution in [2.24, 2.45) is 5.92 Å². The number of amides is 1. The van der Waals surface area contributed by atoms with Crippen LogP contribution in [0.4, 0.5) is 0 Å². The van der Waals surface area contributed by atoms with Gasteiger partial charge < -0.3 is 5.32 Å². The van der Waals surface area contributed by atoms with Crippen molar-refractivity contribution in [3.05, 3.63) is 0 Å². The van der Waals surface area contributed by atoms with Gasteiger partial charge in [0.05, 0.1) is 18.5 Å². The summed E-state index contributed by atoms with van der Waals surface area (Å²) >= 11 is 0. The Morgan fingerprint density at radius 1 is 1.50 bits per heavy atom. The van der Waals surface area contributed by atoms with Crippen LogP contribution in [0, 0.1) is 17.2 Å². The molecule has 1 aliphatic carbocycles. The highest BCUT2D eigenvalue weighted by molar-refractivity contribution is 5.77. The lowest BCUT2D eigenvalue weighted by atomic mass is 9.84. The van der Waals surface area contributed by atoms with Crippen LogP contribution in [0.1, 0.15) is 32.6 Å². The van der Waals surface area contributed by atoms with Gasteiger partial charge >= 0.3 is 0 Å². The van der Waals surface area contributed by atoms with Gasteiger partial charge in [0.2, 0.25) is 5.91 Å². The van der Waals surface area contributed by atoms with Gasteiger partial charge in [-0.15, -0.1) is 0 Å². The topological polar surface area (TPSA) is 56.1 Å². The maximum Gasteiger partial charge on any atom is 0.234 e. The summed E-state index contributed by atoms with van der Waals surface area (Å²) in [5.41, 5.74) is 0. The molecule has 0 aliphatic heterocycles. The highest BCUT2D eigenvalue weighted by atomic mass is 16.2. The summed E-state index contributed by atoms with van der Waals surface area (Å²) in [6.07, 6.45) is 4.32. The summed E-state index contributed by atoms with van der Waals surface area (Å²) in [7, 11) is 1.94. The molecule has 0 bridgehead atoms. The smallest absolute Gasteiger partial charge is 0.234 e. The van der Waals surface area contributed by atoms with Crippen LogP contribution in [0.2, 0.25) is 0 Å². The predicted octanol–water partition coefficient (Wildman–Crippen LogP) is 1.14. The van der Waals surface area contributed by atoms with Crippen molar-refractivity contribution in [3.63, 3.8) is 0 Å². The van der Waals surface area contributed by atoms with Gasteiger partial charge in [-0.25, -0.2) is 0 Å². The number of rotatable bonds is 4. The van der Waals surface area contributed by atoms with Gasteiger partial charge in [0.1, 0.15) is 0 Å². The Morgan fingerprint density at radius 2 is 2.19 bits per heavy atom. The van der Waals surface area contributed by atoms with Crippen LogP contribution >= 0.6 is 0 Å². The van der Waals surface area contributed by atoms with Crippen molar-refractivity contribution in [3.8, 4) is 6.07 Å². The first-order valence-corrected chi connectivity index (χ1v) is 6.05. The SMILES string of the molecule is CCNC(=O)CN(C)C1CCCCC1C#N. The Morgan fingerprint density at radius 3 is 2.81 bits per heavy atom. The van der Waals surface area contributed by atoms with Crippen LogP contribution in [0.3, 0.4) is 0 Å². The molecule has 1 rings (SSSR count). The van der Waals surface area contributed by atoms with Gasteiger partial charge in [-0.1, -0.05) is 12.8 Å². The largest absolute Gasteiger partial charge is 0.355 e. The van der Waals surface area contributed by atoms with Gasteiger partial charge in [-0.05, 0) is 26.8 Å². The van der Waals surface area contributed by atoms with Crippen LogP contribution < -0.4 is 5.32 Å². The monoisotopic (exact) mass is 223 g/mol. The Labute approximate surface area is 97.6 Å². The molecule has 0 aromatic carbocycles. The van der Waals surface area contributed by atoms with Gasteiger partial charge in [0.15, 0.2) is 0 Å². The fourth-order valence-corrected chi connectivity index (χ4v) is 2.39. The highest BCUT2D eigenvalue weighted by Crippen LogP contribution is 2.27. The molecule has 4 nitrogen and oxygen atoms in total. The lowest BCUT2D eigenvalue weighted by molar-refractivity contribution is -0.122. The van der Waals surface area contributed by atoms with E-state index in [0.29, 0.717) is 13.1 Å². The molecular formula is C12H21N3O. The first-order chi connectivity index (χ1) is 7.69. The summed E-state index contributed by atoms with van der Waals surface area (Å²) in [5, 5.41) is 11.9. The number of hydrogen-bond donors (Lipinski definition) is 1. The summed E-state index contributed by atoms with van der Waals surface area (Å²) < 4.78 is 0. The van der Waals surface area contributed by atoms with E-state index in [4.69, 9.17) is 5.26 Å². The number of carbonyl (C=O) groups excluding carboxylic acids is 1. The van der Waals surface area contributed by atoms with E-state index >= 15 is 0 Å². The Bertz CT molecular complexity index is 272. The molecule has 0 radical (unpaired) electrons. The third-order valence-electron chi connectivity index (χ3n) is 3.23. The molecule has 0 heterocycles. The first-order valence-electron chi connectivity index (χ1n) is 6.05. The molecule has 0 spiro atoms. The number of nitriles is 1. The summed E-state index contributed by atoms with van der Waals surface area (Å²) in [5.74, 6) is 0.139. The fraction of sp³-hybridized carbons (Fsp3) is 0.833. The van der Waals surface area contributed by atoms with Crippen LogP contribution in [-0.4, -0.2) is 37.0 Å². The Hall–Kier alpha value is -1.08. The summed E-state index contributed by atoms with van der Waals surface area (Å²) in [6, 6.07) is 2.62. The number of carbonyl (C=O) groups is 1. The quantitative estimate of drug-likeness (QED) is 0.777. The number of nitrogens with zero attached hydrogens (tertiary/aromatic N) is 2. The molecule has 0 aromatic rings. The van der Waals surface area contributed by atoms with Gasteiger partial charge in [-0.2, -0.15) is 5.26 Å². The zero-order valence-corrected chi connectivity index (χ0v) is 10.2. The molecule has 2 atom stereocenters. The zero-order valence-electron chi connectivity index (χ0n) is 10.2. The predicted molar refractivity (Wildman–Crippen MR) is 62.7 cm³/mol. The molecule has 0 saturated heterocycles. The van der Waals surface area contributed by atoms with Gasteiger partial charge in [-0.3, -0.25) is 9.69 Å². The second-order valence-corrected chi connectivity index (χ2v) is 4.46. The maximum atomic E-state index is 11.5. The minimum Gasteiger partial charge on any atom is -0.355 e. The standard InChI is InChI=1S/C12H21N3O/c1-3-14-12(16)9-15(2)11-7-5-4-6-10(11)8-13/h10-11H,3-7,9H2,1-2H3,(H,14,16). The van der Waals surface area contributed by atoms with Crippen LogP contribution in [0.5, 0.6) is 0 Å². The number of likely N-dealkylation sites (N-methyl/N-ethyl adjacent to an activating group) is 2. The summed E-state index contributed by atoms with van der Waals surface area (Å²) in [4.78, 5) is 13.5. The summed E-state index contributed by atoms with van der Waals surface area (Å²) in [6.45, 7) is 2.98. The maximum absolute atomic E-state index is 11.5. The Balaban J connectivity index is 2.48. The lowest BCUT2D eigenvalue weighted by Gasteiger charge is -2.34. The minimum absolute atomic E-state index is 0.0484. The molecule has 1 amide bonds. The van der Waals surface area contributed by atoms with Crippen molar-refractivity contribution in [2.75, 3.05) is 20.1 Å². The third-order valence-corrected chi connectivity index (χ3v) is 3.23. The second kappa shape index (κ2) is 6.49. The van der Waals surface area contributed by atoms with Crippen molar-refractivity contribution in [1.82, 2.24) is 10.2 Å². The molecule has 1 saturated carbocycles. The second-order valence-electron chi connectivity index (χ2n) is 4.46. The molecule has 4 heteroatoms. The van der Waals surface area contributed by atoms with Gasteiger partial charge in [0.25, 0.3) is 0 Å². The van der Waals surface area contributed by atoms with E-state index in [9.17, 15) is 4.79 Å². The van der Waals surface area contributed by atoms with Crippen molar-refractivity contribution in [1.29, 1.82) is 5.26 Å². The van der Waals surface area contributed by atoms with Crippen LogP contribution in [0.25, 0.3) is 0 Å². The van der Waals surface area contributed by atoms with Crippen molar-refractivity contribution < 1.29 is 4.79 Å². The lowest BCUT2D eigenvalue weighted by Crippen LogP contribution is -2.44. The van der Waals surface area contributed by atoms with E-state index in [1.807, 2.05) is 18.9 Å². The van der Waals surface area contributed by atoms with Crippen LogP contribution in [0.15, 0.2) is 0 Å². The molecule has 90 valence electrons. The zero-order chi connectivity index (χ0) is 12.0. The van der Waals surface area contributed by atoms with E-state index in [1.54, 1.807) is 0 Å². The Kier molecular flexibility index (Phi) is 5.27. The number of nitrogens with one attached hydrogen (secondary N) is 1. The van der Waals surface area contributed by atoms with E-state index in [2.05, 4.69) is 11.4 Å². The van der Waals surface area contributed by atoms with Crippen molar-refractivity contribution in [2.45, 2.75) is 38.6 Å². The molecule has 2 unspecified atom stereocenters. The third kappa shape index (κ3) is 3.49. The first kappa shape index (κ1) is 13.0. The van der Waals surface area contributed by atoms with E-state index in [-0.39, 0.29) is 17.9 Å².